The summed E-state index contributed by atoms with van der Waals surface area (Å²) in [5.41, 5.74) is 0. The predicted octanol–water partition coefficient (Wildman–Crippen LogP) is 2.56. The molecule has 142 valence electrons. The number of carbonyl (C=O) groups is 3. The van der Waals surface area contributed by atoms with Gasteiger partial charge in [0.1, 0.15) is 6.54 Å². The molecule has 0 aromatic heterocycles. The van der Waals surface area contributed by atoms with Crippen molar-refractivity contribution in [2.24, 2.45) is 11.8 Å². The molecule has 0 unspecified atom stereocenters. The fourth-order valence-corrected chi connectivity index (χ4v) is 4.14. The molecule has 0 aromatic rings. The molecule has 2 saturated carbocycles. The maximum Gasteiger partial charge on any atom is 0.323 e. The molecule has 6 nitrogen and oxygen atoms in total. The number of nitrogens with one attached hydrogen (secondary N) is 1. The zero-order valence-electron chi connectivity index (χ0n) is 15.5. The largest absolute Gasteiger partial charge is 0.480 e. The Morgan fingerprint density at radius 1 is 1.04 bits per heavy atom. The highest BCUT2D eigenvalue weighted by Crippen LogP contribution is 2.29. The van der Waals surface area contributed by atoms with E-state index in [1.165, 1.54) is 30.6 Å². The van der Waals surface area contributed by atoms with E-state index in [9.17, 15) is 14.4 Å². The number of hydrogen-bond acceptors (Lipinski definition) is 3. The minimum absolute atomic E-state index is 0.0619. The van der Waals surface area contributed by atoms with Gasteiger partial charge in [0, 0.05) is 24.4 Å². The van der Waals surface area contributed by atoms with Gasteiger partial charge in [0.25, 0.3) is 0 Å². The number of carboxylic acids is 1. The molecule has 2 fully saturated rings. The van der Waals surface area contributed by atoms with Crippen molar-refractivity contribution in [1.82, 2.24) is 10.2 Å². The van der Waals surface area contributed by atoms with Crippen LogP contribution < -0.4 is 5.32 Å². The molecule has 2 rings (SSSR count). The topological polar surface area (TPSA) is 86.7 Å². The first-order chi connectivity index (χ1) is 11.9. The number of carboxylic acid groups (broad SMARTS) is 1. The average molecular weight is 352 g/mol. The predicted molar refractivity (Wildman–Crippen MR) is 94.9 cm³/mol. The van der Waals surface area contributed by atoms with E-state index in [0.29, 0.717) is 12.3 Å². The van der Waals surface area contributed by atoms with Crippen LogP contribution in [0.3, 0.4) is 0 Å². The van der Waals surface area contributed by atoms with Gasteiger partial charge >= 0.3 is 5.97 Å². The van der Waals surface area contributed by atoms with Crippen molar-refractivity contribution in [2.45, 2.75) is 83.7 Å². The van der Waals surface area contributed by atoms with E-state index >= 15 is 0 Å². The van der Waals surface area contributed by atoms with Gasteiger partial charge in [0.15, 0.2) is 0 Å². The minimum atomic E-state index is -0.977. The van der Waals surface area contributed by atoms with Gasteiger partial charge in [0.05, 0.1) is 0 Å². The Balaban J connectivity index is 1.76. The van der Waals surface area contributed by atoms with Crippen LogP contribution >= 0.6 is 0 Å². The van der Waals surface area contributed by atoms with Gasteiger partial charge in [-0.05, 0) is 58.3 Å². The third kappa shape index (κ3) is 6.01. The van der Waals surface area contributed by atoms with E-state index in [0.717, 1.165) is 25.7 Å². The molecule has 2 N–H and O–H groups in total. The van der Waals surface area contributed by atoms with Crippen LogP contribution in [-0.4, -0.2) is 46.4 Å². The van der Waals surface area contributed by atoms with E-state index in [1.54, 1.807) is 0 Å². The summed E-state index contributed by atoms with van der Waals surface area (Å²) in [5, 5.41) is 12.1. The van der Waals surface area contributed by atoms with E-state index < -0.39 is 5.97 Å². The molecule has 0 radical (unpaired) electrons. The highest BCUT2D eigenvalue weighted by molar-refractivity contribution is 5.83. The van der Waals surface area contributed by atoms with Crippen LogP contribution in [0.25, 0.3) is 0 Å². The molecular weight excluding hydrogens is 320 g/mol. The van der Waals surface area contributed by atoms with Gasteiger partial charge in [-0.3, -0.25) is 14.4 Å². The Hall–Kier alpha value is -1.59. The zero-order chi connectivity index (χ0) is 18.4. The lowest BCUT2D eigenvalue weighted by molar-refractivity contribution is -0.148. The Kier molecular flexibility index (Phi) is 7.26. The van der Waals surface area contributed by atoms with Gasteiger partial charge in [-0.1, -0.05) is 12.8 Å². The highest BCUT2D eigenvalue weighted by atomic mass is 16.4. The first-order valence-corrected chi connectivity index (χ1v) is 9.68. The van der Waals surface area contributed by atoms with Gasteiger partial charge in [-0.15, -0.1) is 0 Å². The lowest BCUT2D eigenvalue weighted by atomic mass is 9.84. The number of carbonyl (C=O) groups excluding carboxylic acids is 2. The van der Waals surface area contributed by atoms with Crippen LogP contribution in [0.4, 0.5) is 0 Å². The summed E-state index contributed by atoms with van der Waals surface area (Å²) in [4.78, 5) is 37.2. The number of aliphatic carboxylic acids is 1. The molecule has 0 aliphatic heterocycles. The Bertz CT molecular complexity index is 478. The maximum absolute atomic E-state index is 12.6. The summed E-state index contributed by atoms with van der Waals surface area (Å²) in [6.45, 7) is 3.44. The molecule has 0 bridgehead atoms. The number of nitrogens with zero attached hydrogens (tertiary/aromatic N) is 1. The van der Waals surface area contributed by atoms with Gasteiger partial charge in [-0.25, -0.2) is 0 Å². The first kappa shape index (κ1) is 19.7. The van der Waals surface area contributed by atoms with Crippen molar-refractivity contribution >= 4 is 17.8 Å². The van der Waals surface area contributed by atoms with E-state index in [4.69, 9.17) is 5.11 Å². The van der Waals surface area contributed by atoms with Crippen LogP contribution in [-0.2, 0) is 14.4 Å². The zero-order valence-corrected chi connectivity index (χ0v) is 15.5. The van der Waals surface area contributed by atoms with E-state index in [2.05, 4.69) is 5.32 Å². The fourth-order valence-electron chi connectivity index (χ4n) is 4.14. The van der Waals surface area contributed by atoms with Gasteiger partial charge < -0.3 is 15.3 Å². The molecule has 6 heteroatoms. The lowest BCUT2D eigenvalue weighted by Gasteiger charge is -2.33. The molecule has 0 spiro atoms. The quantitative estimate of drug-likeness (QED) is 0.737. The van der Waals surface area contributed by atoms with Crippen molar-refractivity contribution in [3.05, 3.63) is 0 Å². The van der Waals surface area contributed by atoms with Gasteiger partial charge in [0.2, 0.25) is 11.8 Å². The molecule has 0 atom stereocenters. The molecule has 25 heavy (non-hydrogen) atoms. The monoisotopic (exact) mass is 352 g/mol. The number of rotatable bonds is 7. The van der Waals surface area contributed by atoms with Crippen molar-refractivity contribution in [1.29, 1.82) is 0 Å². The average Bonchev–Trinajstić information content (AvgIpc) is 3.05. The summed E-state index contributed by atoms with van der Waals surface area (Å²) >= 11 is 0. The number of hydrogen-bond donors (Lipinski definition) is 2. The van der Waals surface area contributed by atoms with Crippen LogP contribution in [0.5, 0.6) is 0 Å². The highest BCUT2D eigenvalue weighted by Gasteiger charge is 2.32. The second kappa shape index (κ2) is 9.20. The SMILES string of the molecule is CC(C)N(CC(=O)O)C(=O)C1CCC(NC(=O)CC2CCCC2)CC1. The molecule has 0 saturated heterocycles. The van der Waals surface area contributed by atoms with Crippen molar-refractivity contribution in [3.8, 4) is 0 Å². The number of amides is 2. The normalized spacial score (nSPS) is 24.3. The van der Waals surface area contributed by atoms with Crippen LogP contribution in [0.15, 0.2) is 0 Å². The Morgan fingerprint density at radius 2 is 1.64 bits per heavy atom. The molecule has 2 aliphatic carbocycles. The Morgan fingerprint density at radius 3 is 2.16 bits per heavy atom. The fraction of sp³-hybridized carbons (Fsp3) is 0.842. The van der Waals surface area contributed by atoms with Crippen molar-refractivity contribution in [3.63, 3.8) is 0 Å². The summed E-state index contributed by atoms with van der Waals surface area (Å²) in [7, 11) is 0. The first-order valence-electron chi connectivity index (χ1n) is 9.68. The van der Waals surface area contributed by atoms with Crippen LogP contribution in [0, 0.1) is 11.8 Å². The van der Waals surface area contributed by atoms with Crippen molar-refractivity contribution < 1.29 is 19.5 Å². The summed E-state index contributed by atoms with van der Waals surface area (Å²) in [6.07, 6.45) is 8.50. The third-order valence-electron chi connectivity index (χ3n) is 5.60. The standard InChI is InChI=1S/C19H32N2O4/c1-13(2)21(12-18(23)24)19(25)15-7-9-16(10-8-15)20-17(22)11-14-5-3-4-6-14/h13-16H,3-12H2,1-2H3,(H,20,22)(H,23,24). The van der Waals surface area contributed by atoms with Crippen molar-refractivity contribution in [2.75, 3.05) is 6.54 Å². The lowest BCUT2D eigenvalue weighted by Crippen LogP contribution is -2.46. The summed E-state index contributed by atoms with van der Waals surface area (Å²) < 4.78 is 0. The molecule has 2 aliphatic rings. The second-order valence-corrected chi connectivity index (χ2v) is 7.92. The second-order valence-electron chi connectivity index (χ2n) is 7.92. The summed E-state index contributed by atoms with van der Waals surface area (Å²) in [5.74, 6) is -0.460. The van der Waals surface area contributed by atoms with Gasteiger partial charge in [-0.2, -0.15) is 0 Å². The molecule has 0 heterocycles. The van der Waals surface area contributed by atoms with Crippen LogP contribution in [0.2, 0.25) is 0 Å². The maximum atomic E-state index is 12.6. The Labute approximate surface area is 150 Å². The third-order valence-corrected chi connectivity index (χ3v) is 5.60. The van der Waals surface area contributed by atoms with E-state index in [1.807, 2.05) is 13.8 Å². The van der Waals surface area contributed by atoms with E-state index in [-0.39, 0.29) is 36.4 Å². The molecule has 2 amide bonds. The van der Waals surface area contributed by atoms with Crippen LogP contribution in [0.1, 0.15) is 71.6 Å². The minimum Gasteiger partial charge on any atom is -0.480 e. The molecule has 0 aromatic carbocycles. The summed E-state index contributed by atoms with van der Waals surface area (Å²) in [6, 6.07) is 0.0392. The smallest absolute Gasteiger partial charge is 0.323 e. The molecular formula is C19H32N2O4.